The second-order valence-electron chi connectivity index (χ2n) is 6.83. The Kier molecular flexibility index (Phi) is 5.12. The molecule has 0 fully saturated rings. The summed E-state index contributed by atoms with van der Waals surface area (Å²) < 4.78 is 5.26. The number of carboxylic acid groups (broad SMARTS) is 1. The average molecular weight is 329 g/mol. The maximum absolute atomic E-state index is 12.1. The van der Waals surface area contributed by atoms with Gasteiger partial charge in [0.15, 0.2) is 0 Å². The first kappa shape index (κ1) is 17.8. The summed E-state index contributed by atoms with van der Waals surface area (Å²) in [5.74, 6) is -1.06. The number of carbonyl (C=O) groups is 2. The SMILES string of the molecule is CN(C(=O)OC(C)(C)C)[C@@H](Cc1ccc2ccccc2c1)C(=O)O. The quantitative estimate of drug-likeness (QED) is 0.929. The van der Waals surface area contributed by atoms with E-state index < -0.39 is 23.7 Å². The summed E-state index contributed by atoms with van der Waals surface area (Å²) >= 11 is 0. The Hall–Kier alpha value is -2.56. The molecule has 1 atom stereocenters. The van der Waals surface area contributed by atoms with Crippen molar-refractivity contribution in [3.8, 4) is 0 Å². The van der Waals surface area contributed by atoms with E-state index in [2.05, 4.69) is 0 Å². The molecular weight excluding hydrogens is 306 g/mol. The molecule has 2 rings (SSSR count). The van der Waals surface area contributed by atoms with Crippen molar-refractivity contribution in [1.29, 1.82) is 0 Å². The largest absolute Gasteiger partial charge is 0.480 e. The van der Waals surface area contributed by atoms with Crippen LogP contribution in [0.2, 0.25) is 0 Å². The Morgan fingerprint density at radius 3 is 2.33 bits per heavy atom. The van der Waals surface area contributed by atoms with Gasteiger partial charge in [0.05, 0.1) is 0 Å². The van der Waals surface area contributed by atoms with Crippen molar-refractivity contribution >= 4 is 22.8 Å². The number of ether oxygens (including phenoxy) is 1. The Bertz CT molecular complexity index is 748. The van der Waals surface area contributed by atoms with Crippen molar-refractivity contribution in [2.24, 2.45) is 0 Å². The highest BCUT2D eigenvalue weighted by molar-refractivity contribution is 5.84. The van der Waals surface area contributed by atoms with Gasteiger partial charge in [0.1, 0.15) is 11.6 Å². The third kappa shape index (κ3) is 4.47. The molecule has 0 unspecified atom stereocenters. The van der Waals surface area contributed by atoms with Crippen molar-refractivity contribution in [3.05, 3.63) is 48.0 Å². The van der Waals surface area contributed by atoms with E-state index in [1.165, 1.54) is 7.05 Å². The molecule has 128 valence electrons. The summed E-state index contributed by atoms with van der Waals surface area (Å²) in [6.45, 7) is 5.24. The van der Waals surface area contributed by atoms with E-state index in [1.807, 2.05) is 42.5 Å². The number of rotatable bonds is 4. The third-order valence-corrected chi connectivity index (χ3v) is 3.68. The zero-order valence-corrected chi connectivity index (χ0v) is 14.4. The molecule has 2 aromatic rings. The van der Waals surface area contributed by atoms with Crippen LogP contribution in [-0.4, -0.2) is 40.8 Å². The standard InChI is InChI=1S/C19H23NO4/c1-19(2,3)24-18(23)20(4)16(17(21)22)12-13-9-10-14-7-5-6-8-15(14)11-13/h5-11,16H,12H2,1-4H3,(H,21,22)/t16-/m0/s1. The molecule has 0 aliphatic carbocycles. The van der Waals surface area contributed by atoms with E-state index in [0.29, 0.717) is 0 Å². The van der Waals surface area contributed by atoms with Crippen LogP contribution in [0.4, 0.5) is 4.79 Å². The molecule has 1 amide bonds. The Morgan fingerprint density at radius 1 is 1.12 bits per heavy atom. The number of likely N-dealkylation sites (N-methyl/N-ethyl adjacent to an activating group) is 1. The van der Waals surface area contributed by atoms with Crippen LogP contribution >= 0.6 is 0 Å². The lowest BCUT2D eigenvalue weighted by Crippen LogP contribution is -2.46. The van der Waals surface area contributed by atoms with Gasteiger partial charge in [0.25, 0.3) is 0 Å². The smallest absolute Gasteiger partial charge is 0.410 e. The molecule has 0 saturated carbocycles. The van der Waals surface area contributed by atoms with Crippen LogP contribution in [0.3, 0.4) is 0 Å². The van der Waals surface area contributed by atoms with Crippen LogP contribution in [0.15, 0.2) is 42.5 Å². The highest BCUT2D eigenvalue weighted by Gasteiger charge is 2.30. The summed E-state index contributed by atoms with van der Waals surface area (Å²) in [7, 11) is 1.45. The molecule has 0 aliphatic heterocycles. The van der Waals surface area contributed by atoms with Gasteiger partial charge in [-0.2, -0.15) is 0 Å². The lowest BCUT2D eigenvalue weighted by molar-refractivity contribution is -0.142. The predicted octanol–water partition coefficient (Wildman–Crippen LogP) is 3.70. The van der Waals surface area contributed by atoms with Crippen molar-refractivity contribution in [3.63, 3.8) is 0 Å². The summed E-state index contributed by atoms with van der Waals surface area (Å²) in [5.41, 5.74) is 0.189. The van der Waals surface area contributed by atoms with Gasteiger partial charge >= 0.3 is 12.1 Å². The highest BCUT2D eigenvalue weighted by atomic mass is 16.6. The fourth-order valence-corrected chi connectivity index (χ4v) is 2.44. The van der Waals surface area contributed by atoms with Gasteiger partial charge < -0.3 is 9.84 Å². The van der Waals surface area contributed by atoms with Crippen LogP contribution in [-0.2, 0) is 16.0 Å². The highest BCUT2D eigenvalue weighted by Crippen LogP contribution is 2.19. The fourth-order valence-electron chi connectivity index (χ4n) is 2.44. The molecular formula is C19H23NO4. The summed E-state index contributed by atoms with van der Waals surface area (Å²) in [4.78, 5) is 24.9. The van der Waals surface area contributed by atoms with Crippen molar-refractivity contribution in [1.82, 2.24) is 4.90 Å². The molecule has 0 heterocycles. The van der Waals surface area contributed by atoms with Gasteiger partial charge in [0.2, 0.25) is 0 Å². The molecule has 0 aromatic heterocycles. The van der Waals surface area contributed by atoms with Gasteiger partial charge in [0, 0.05) is 13.5 Å². The molecule has 5 nitrogen and oxygen atoms in total. The normalized spacial score (nSPS) is 12.7. The second-order valence-corrected chi connectivity index (χ2v) is 6.83. The monoisotopic (exact) mass is 329 g/mol. The number of fused-ring (bicyclic) bond motifs is 1. The van der Waals surface area contributed by atoms with Crippen LogP contribution in [0.25, 0.3) is 10.8 Å². The van der Waals surface area contributed by atoms with Crippen molar-refractivity contribution < 1.29 is 19.4 Å². The van der Waals surface area contributed by atoms with E-state index in [4.69, 9.17) is 4.74 Å². The minimum atomic E-state index is -1.06. The second kappa shape index (κ2) is 6.91. The van der Waals surface area contributed by atoms with Gasteiger partial charge in [-0.3, -0.25) is 4.90 Å². The number of hydrogen-bond donors (Lipinski definition) is 1. The predicted molar refractivity (Wildman–Crippen MR) is 93.1 cm³/mol. The van der Waals surface area contributed by atoms with Crippen LogP contribution in [0.5, 0.6) is 0 Å². The molecule has 1 N–H and O–H groups in total. The fraction of sp³-hybridized carbons (Fsp3) is 0.368. The molecule has 0 bridgehead atoms. The number of carboxylic acids is 1. The molecule has 0 saturated heterocycles. The summed E-state index contributed by atoms with van der Waals surface area (Å²) in [6.07, 6.45) is -0.425. The number of hydrogen-bond acceptors (Lipinski definition) is 3. The van der Waals surface area contributed by atoms with E-state index >= 15 is 0 Å². The molecule has 5 heteroatoms. The van der Waals surface area contributed by atoms with Crippen molar-refractivity contribution in [2.75, 3.05) is 7.05 Å². The maximum Gasteiger partial charge on any atom is 0.410 e. The van der Waals surface area contributed by atoms with Gasteiger partial charge in [-0.1, -0.05) is 42.5 Å². The number of benzene rings is 2. The van der Waals surface area contributed by atoms with E-state index in [1.54, 1.807) is 20.8 Å². The topological polar surface area (TPSA) is 66.8 Å². The zero-order chi connectivity index (χ0) is 17.9. The Balaban J connectivity index is 2.20. The number of aliphatic carboxylic acids is 1. The molecule has 0 spiro atoms. The molecule has 24 heavy (non-hydrogen) atoms. The van der Waals surface area contributed by atoms with Crippen LogP contribution < -0.4 is 0 Å². The summed E-state index contributed by atoms with van der Waals surface area (Å²) in [6, 6.07) is 12.7. The summed E-state index contributed by atoms with van der Waals surface area (Å²) in [5, 5.41) is 11.6. The first-order valence-electron chi connectivity index (χ1n) is 7.83. The van der Waals surface area contributed by atoms with E-state index in [0.717, 1.165) is 21.2 Å². The first-order valence-corrected chi connectivity index (χ1v) is 7.83. The van der Waals surface area contributed by atoms with Crippen LogP contribution in [0, 0.1) is 0 Å². The number of amides is 1. The lowest BCUT2D eigenvalue weighted by Gasteiger charge is -2.28. The lowest BCUT2D eigenvalue weighted by atomic mass is 10.0. The van der Waals surface area contributed by atoms with Gasteiger partial charge in [-0.25, -0.2) is 9.59 Å². The molecule has 2 aromatic carbocycles. The maximum atomic E-state index is 12.1. The van der Waals surface area contributed by atoms with Crippen molar-refractivity contribution in [2.45, 2.75) is 38.8 Å². The molecule has 0 aliphatic rings. The first-order chi connectivity index (χ1) is 11.2. The third-order valence-electron chi connectivity index (χ3n) is 3.68. The number of nitrogens with zero attached hydrogens (tertiary/aromatic N) is 1. The Morgan fingerprint density at radius 2 is 1.75 bits per heavy atom. The van der Waals surface area contributed by atoms with Gasteiger partial charge in [-0.05, 0) is 37.1 Å². The zero-order valence-electron chi connectivity index (χ0n) is 14.4. The minimum Gasteiger partial charge on any atom is -0.480 e. The van der Waals surface area contributed by atoms with Crippen LogP contribution in [0.1, 0.15) is 26.3 Å². The molecule has 0 radical (unpaired) electrons. The minimum absolute atomic E-state index is 0.218. The van der Waals surface area contributed by atoms with E-state index in [9.17, 15) is 14.7 Å². The average Bonchev–Trinajstić information content (AvgIpc) is 2.49. The van der Waals surface area contributed by atoms with Gasteiger partial charge in [-0.15, -0.1) is 0 Å². The van der Waals surface area contributed by atoms with E-state index in [-0.39, 0.29) is 6.42 Å². The Labute approximate surface area is 141 Å². The number of carbonyl (C=O) groups excluding carboxylic acids is 1.